The molecule has 2 atom stereocenters. The van der Waals surface area contributed by atoms with Crippen LogP contribution in [0.1, 0.15) is 42.6 Å². The maximum Gasteiger partial charge on any atom is 0.341 e. The number of rotatable bonds is 5. The number of hydrogen-bond donors (Lipinski definition) is 4. The summed E-state index contributed by atoms with van der Waals surface area (Å²) in [6, 6.07) is 6.01. The van der Waals surface area contributed by atoms with E-state index in [0.717, 1.165) is 0 Å². The third kappa shape index (κ3) is 4.74. The molecule has 2 aliphatic heterocycles. The summed E-state index contributed by atoms with van der Waals surface area (Å²) in [5.41, 5.74) is 11.2. The summed E-state index contributed by atoms with van der Waals surface area (Å²) in [7, 11) is 0. The molecule has 6 N–H and O–H groups in total. The summed E-state index contributed by atoms with van der Waals surface area (Å²) in [6.07, 6.45) is 3.04. The van der Waals surface area contributed by atoms with Crippen LogP contribution in [0.15, 0.2) is 30.6 Å². The summed E-state index contributed by atoms with van der Waals surface area (Å²) in [5, 5.41) is 20.3. The van der Waals surface area contributed by atoms with E-state index in [4.69, 9.17) is 26.0 Å². The number of fused-ring (bicyclic) bond motifs is 1. The van der Waals surface area contributed by atoms with Gasteiger partial charge in [0, 0.05) is 25.1 Å². The van der Waals surface area contributed by atoms with Crippen molar-refractivity contribution < 1.29 is 29.3 Å². The highest BCUT2D eigenvalue weighted by Crippen LogP contribution is 2.44. The van der Waals surface area contributed by atoms with Crippen molar-refractivity contribution in [3.05, 3.63) is 36.2 Å². The van der Waals surface area contributed by atoms with Crippen molar-refractivity contribution in [2.75, 3.05) is 37.8 Å². The maximum absolute atomic E-state index is 13.1. The number of aliphatic hydroxyl groups is 1. The van der Waals surface area contributed by atoms with E-state index < -0.39 is 29.8 Å². The van der Waals surface area contributed by atoms with E-state index in [9.17, 15) is 14.7 Å². The van der Waals surface area contributed by atoms with E-state index in [1.165, 1.54) is 0 Å². The number of benzene rings is 1. The molecule has 13 heteroatoms. The normalized spacial score (nSPS) is 23.3. The Hall–Kier alpha value is -3.97. The monoisotopic (exact) mass is 511 g/mol. The molecule has 4 heterocycles. The second kappa shape index (κ2) is 9.16. The molecule has 0 unspecified atom stereocenters. The fraction of sp³-hybridized carbons (Fsp3) is 0.458. The molecule has 2 fully saturated rings. The number of nitrogens with zero attached hydrogens (tertiary/aromatic N) is 5. The number of imidazole rings is 1. The number of carboxylic acids is 1. The zero-order valence-corrected chi connectivity index (χ0v) is 20.3. The molecule has 3 aromatic rings. The Morgan fingerprint density at radius 1 is 1.24 bits per heavy atom. The predicted molar refractivity (Wildman–Crippen MR) is 132 cm³/mol. The molecule has 2 saturated heterocycles. The van der Waals surface area contributed by atoms with E-state index in [2.05, 4.69) is 15.0 Å². The van der Waals surface area contributed by atoms with E-state index in [-0.39, 0.29) is 24.3 Å². The van der Waals surface area contributed by atoms with Crippen LogP contribution in [0.3, 0.4) is 0 Å². The van der Waals surface area contributed by atoms with Crippen LogP contribution in [0.5, 0.6) is 5.75 Å². The highest BCUT2D eigenvalue weighted by molar-refractivity contribution is 5.94. The topological polar surface area (TPSA) is 192 Å². The molecule has 13 nitrogen and oxygen atoms in total. The highest BCUT2D eigenvalue weighted by atomic mass is 16.5. The fourth-order valence-electron chi connectivity index (χ4n) is 5.31. The van der Waals surface area contributed by atoms with Crippen molar-refractivity contribution >= 4 is 34.8 Å². The van der Waals surface area contributed by atoms with Gasteiger partial charge in [-0.2, -0.15) is 9.97 Å². The van der Waals surface area contributed by atoms with Gasteiger partial charge in [-0.1, -0.05) is 6.07 Å². The number of hydrogen-bond acceptors (Lipinski definition) is 10. The number of nitrogens with two attached hydrogens (primary N) is 2. The van der Waals surface area contributed by atoms with Crippen LogP contribution in [-0.2, 0) is 9.53 Å². The van der Waals surface area contributed by atoms with E-state index in [1.807, 2.05) is 0 Å². The number of anilines is 2. The Kier molecular flexibility index (Phi) is 6.12. The Bertz CT molecular complexity index is 1350. The maximum atomic E-state index is 13.1. The molecule has 2 aromatic heterocycles. The van der Waals surface area contributed by atoms with Gasteiger partial charge >= 0.3 is 5.97 Å². The Morgan fingerprint density at radius 3 is 2.70 bits per heavy atom. The van der Waals surface area contributed by atoms with Crippen molar-refractivity contribution in [2.24, 2.45) is 0 Å². The molecule has 1 amide bonds. The van der Waals surface area contributed by atoms with Gasteiger partial charge in [0.1, 0.15) is 11.3 Å². The van der Waals surface area contributed by atoms with Crippen LogP contribution in [0.2, 0.25) is 0 Å². The Balaban J connectivity index is 1.26. The summed E-state index contributed by atoms with van der Waals surface area (Å²) in [5.74, 6) is -0.747. The number of nitrogen functional groups attached to an aromatic ring is 2. The van der Waals surface area contributed by atoms with Crippen LogP contribution >= 0.6 is 0 Å². The highest BCUT2D eigenvalue weighted by Gasteiger charge is 2.50. The van der Waals surface area contributed by atoms with Gasteiger partial charge in [-0.25, -0.2) is 9.78 Å². The standard InChI is InChI=1S/C24H29N7O6/c1-23(35)12-24(37-10-16(23)31-13-27-18-19(25)28-22(26)29-20(18)31)5-7-30(8-6-24)21(34)14-3-2-4-15(9-14)36-11-17(32)33/h2-4,9,13,16,35H,5-8,10-12H2,1H3,(H,32,33)(H4,25,26,28,29)/t16-,23-/m0/s1. The SMILES string of the molecule is C[C@]1(O)CC2(CCN(C(=O)c3cccc(OCC(=O)O)c3)CC2)OC[C@@H]1n1cnc2c(N)nc(N)nc21. The number of ether oxygens (including phenoxy) is 2. The van der Waals surface area contributed by atoms with Crippen molar-refractivity contribution in [1.29, 1.82) is 0 Å². The van der Waals surface area contributed by atoms with Gasteiger partial charge in [0.15, 0.2) is 18.1 Å². The number of aromatic nitrogens is 4. The van der Waals surface area contributed by atoms with Gasteiger partial charge in [0.05, 0.1) is 30.2 Å². The molecule has 2 aliphatic rings. The first-order chi connectivity index (χ1) is 17.6. The summed E-state index contributed by atoms with van der Waals surface area (Å²) >= 11 is 0. The van der Waals surface area contributed by atoms with Gasteiger partial charge in [0.25, 0.3) is 5.91 Å². The lowest BCUT2D eigenvalue weighted by Crippen LogP contribution is -2.58. The number of carboxylic acid groups (broad SMARTS) is 1. The van der Waals surface area contributed by atoms with Crippen molar-refractivity contribution in [2.45, 2.75) is 43.4 Å². The second-order valence-electron chi connectivity index (χ2n) is 9.84. The fourth-order valence-corrected chi connectivity index (χ4v) is 5.31. The molecule has 0 aliphatic carbocycles. The molecule has 5 rings (SSSR count). The lowest BCUT2D eigenvalue weighted by Gasteiger charge is -2.51. The molecule has 196 valence electrons. The average molecular weight is 512 g/mol. The zero-order chi connectivity index (χ0) is 26.4. The largest absolute Gasteiger partial charge is 0.482 e. The average Bonchev–Trinajstić information content (AvgIpc) is 3.26. The van der Waals surface area contributed by atoms with Gasteiger partial charge in [0.2, 0.25) is 5.95 Å². The number of aliphatic carboxylic acids is 1. The van der Waals surface area contributed by atoms with E-state index in [0.29, 0.717) is 54.8 Å². The van der Waals surface area contributed by atoms with Crippen LogP contribution in [0.25, 0.3) is 11.2 Å². The third-order valence-corrected chi connectivity index (χ3v) is 7.15. The first-order valence-electron chi connectivity index (χ1n) is 11.9. The van der Waals surface area contributed by atoms with Crippen LogP contribution in [-0.4, -0.2) is 84.0 Å². The van der Waals surface area contributed by atoms with Crippen molar-refractivity contribution in [3.8, 4) is 5.75 Å². The van der Waals surface area contributed by atoms with Crippen molar-refractivity contribution in [1.82, 2.24) is 24.4 Å². The van der Waals surface area contributed by atoms with Crippen molar-refractivity contribution in [3.63, 3.8) is 0 Å². The van der Waals surface area contributed by atoms with Gasteiger partial charge < -0.3 is 40.6 Å². The lowest BCUT2D eigenvalue weighted by molar-refractivity contribution is -0.194. The third-order valence-electron chi connectivity index (χ3n) is 7.15. The zero-order valence-electron chi connectivity index (χ0n) is 20.3. The smallest absolute Gasteiger partial charge is 0.341 e. The summed E-state index contributed by atoms with van der Waals surface area (Å²) < 4.78 is 13.3. The number of carbonyl (C=O) groups excluding carboxylic acids is 1. The minimum Gasteiger partial charge on any atom is -0.482 e. The predicted octanol–water partition coefficient (Wildman–Crippen LogP) is 0.842. The van der Waals surface area contributed by atoms with Crippen LogP contribution in [0, 0.1) is 0 Å². The Morgan fingerprint density at radius 2 is 2.00 bits per heavy atom. The lowest BCUT2D eigenvalue weighted by atomic mass is 9.75. The summed E-state index contributed by atoms with van der Waals surface area (Å²) in [6.45, 7) is 2.41. The first kappa shape index (κ1) is 24.7. The van der Waals surface area contributed by atoms with E-state index in [1.54, 1.807) is 47.0 Å². The Labute approximate surface area is 212 Å². The first-order valence-corrected chi connectivity index (χ1v) is 11.9. The van der Waals surface area contributed by atoms with Crippen LogP contribution < -0.4 is 16.2 Å². The molecule has 1 spiro atoms. The summed E-state index contributed by atoms with van der Waals surface area (Å²) in [4.78, 5) is 38.1. The van der Waals surface area contributed by atoms with Gasteiger partial charge in [-0.15, -0.1) is 0 Å². The molecule has 0 bridgehead atoms. The minimum absolute atomic E-state index is 0.0237. The minimum atomic E-state index is -1.15. The molecule has 0 saturated carbocycles. The van der Waals surface area contributed by atoms with Crippen LogP contribution in [0.4, 0.5) is 11.8 Å². The number of piperidine rings is 1. The molecular formula is C24H29N7O6. The number of carbonyl (C=O) groups is 2. The molecule has 0 radical (unpaired) electrons. The number of likely N-dealkylation sites (tertiary alicyclic amines) is 1. The van der Waals surface area contributed by atoms with E-state index >= 15 is 0 Å². The molecular weight excluding hydrogens is 482 g/mol. The molecule has 37 heavy (non-hydrogen) atoms. The van der Waals surface area contributed by atoms with Gasteiger partial charge in [-0.05, 0) is 38.0 Å². The quantitative estimate of drug-likeness (QED) is 0.379. The van der Waals surface area contributed by atoms with Gasteiger partial charge in [-0.3, -0.25) is 4.79 Å². The second-order valence-corrected chi connectivity index (χ2v) is 9.84. The molecule has 1 aromatic carbocycles. The number of amides is 1.